The predicted octanol–water partition coefficient (Wildman–Crippen LogP) is 4.59. The maximum absolute atomic E-state index is 12.3. The van der Waals surface area contributed by atoms with Crippen molar-refractivity contribution in [1.29, 1.82) is 0 Å². The first kappa shape index (κ1) is 15.2. The molecule has 3 nitrogen and oxygen atoms in total. The summed E-state index contributed by atoms with van der Waals surface area (Å²) in [7, 11) is 1.77. The van der Waals surface area contributed by atoms with Crippen molar-refractivity contribution >= 4 is 46.1 Å². The molecule has 0 aliphatic carbocycles. The lowest BCUT2D eigenvalue weighted by atomic mass is 10.1. The van der Waals surface area contributed by atoms with Crippen LogP contribution >= 0.6 is 34.5 Å². The lowest BCUT2D eigenvalue weighted by Crippen LogP contribution is -2.26. The van der Waals surface area contributed by atoms with E-state index in [0.29, 0.717) is 14.9 Å². The molecule has 2 aromatic rings. The summed E-state index contributed by atoms with van der Waals surface area (Å²) in [6.07, 6.45) is 0. The number of halogens is 2. The van der Waals surface area contributed by atoms with Crippen molar-refractivity contribution in [3.05, 3.63) is 50.1 Å². The van der Waals surface area contributed by atoms with Crippen LogP contribution in [0.5, 0.6) is 0 Å². The Hall–Kier alpha value is -1.23. The number of benzene rings is 1. The molecule has 2 N–H and O–H groups in total. The Morgan fingerprint density at radius 2 is 2.00 bits per heavy atom. The number of anilines is 1. The third kappa shape index (κ3) is 3.45. The van der Waals surface area contributed by atoms with Crippen molar-refractivity contribution in [1.82, 2.24) is 5.32 Å². The molecular weight excluding hydrogens is 315 g/mol. The number of nitrogens with one attached hydrogen (secondary N) is 2. The van der Waals surface area contributed by atoms with Crippen LogP contribution in [-0.2, 0) is 0 Å². The smallest absolute Gasteiger partial charge is 0.253 e. The van der Waals surface area contributed by atoms with Gasteiger partial charge in [-0.15, -0.1) is 11.3 Å². The fourth-order valence-corrected chi connectivity index (χ4v) is 3.06. The molecule has 2 rings (SSSR count). The summed E-state index contributed by atoms with van der Waals surface area (Å²) in [6.45, 7) is 1.92. The van der Waals surface area contributed by atoms with Gasteiger partial charge in [0.1, 0.15) is 0 Å². The van der Waals surface area contributed by atoms with Crippen LogP contribution in [0.25, 0.3) is 0 Å². The Morgan fingerprint density at radius 3 is 2.60 bits per heavy atom. The lowest BCUT2D eigenvalue weighted by molar-refractivity contribution is 0.0941. The van der Waals surface area contributed by atoms with E-state index in [0.717, 1.165) is 10.6 Å². The summed E-state index contributed by atoms with van der Waals surface area (Å²) in [6, 6.07) is 8.80. The molecule has 1 aromatic carbocycles. The lowest BCUT2D eigenvalue weighted by Gasteiger charge is -2.14. The quantitative estimate of drug-likeness (QED) is 0.861. The second kappa shape index (κ2) is 6.48. The van der Waals surface area contributed by atoms with Gasteiger partial charge in [0.05, 0.1) is 15.9 Å². The van der Waals surface area contributed by atoms with Gasteiger partial charge in [0, 0.05) is 22.6 Å². The fourth-order valence-electron chi connectivity index (χ4n) is 1.83. The molecule has 106 valence electrons. The van der Waals surface area contributed by atoms with Gasteiger partial charge in [-0.25, -0.2) is 0 Å². The molecule has 6 heteroatoms. The van der Waals surface area contributed by atoms with Gasteiger partial charge in [-0.2, -0.15) is 0 Å². The minimum atomic E-state index is -0.172. The summed E-state index contributed by atoms with van der Waals surface area (Å²) in [4.78, 5) is 13.3. The van der Waals surface area contributed by atoms with Crippen LogP contribution in [0.3, 0.4) is 0 Å². The minimum absolute atomic E-state index is 0.108. The molecule has 0 bridgehead atoms. The van der Waals surface area contributed by atoms with E-state index in [4.69, 9.17) is 23.2 Å². The number of rotatable bonds is 4. The molecule has 0 spiro atoms. The Morgan fingerprint density at radius 1 is 1.25 bits per heavy atom. The predicted molar refractivity (Wildman–Crippen MR) is 86.2 cm³/mol. The molecule has 0 aliphatic heterocycles. The minimum Gasteiger partial charge on any atom is -0.387 e. The largest absolute Gasteiger partial charge is 0.387 e. The highest BCUT2D eigenvalue weighted by molar-refractivity contribution is 7.16. The molecule has 1 heterocycles. The first-order valence-electron chi connectivity index (χ1n) is 6.04. The van der Waals surface area contributed by atoms with Gasteiger partial charge in [-0.3, -0.25) is 4.79 Å². The van der Waals surface area contributed by atoms with E-state index >= 15 is 0 Å². The topological polar surface area (TPSA) is 41.1 Å². The molecule has 1 amide bonds. The van der Waals surface area contributed by atoms with Crippen LogP contribution in [-0.4, -0.2) is 13.0 Å². The van der Waals surface area contributed by atoms with Gasteiger partial charge in [-0.05, 0) is 37.3 Å². The number of amides is 1. The van der Waals surface area contributed by atoms with Crippen LogP contribution in [0.1, 0.15) is 28.2 Å². The molecule has 0 radical (unpaired) electrons. The Bertz CT molecular complexity index is 627. The maximum atomic E-state index is 12.3. The van der Waals surface area contributed by atoms with Crippen molar-refractivity contribution in [2.24, 2.45) is 0 Å². The van der Waals surface area contributed by atoms with Crippen LogP contribution in [0, 0.1) is 0 Å². The molecule has 20 heavy (non-hydrogen) atoms. The zero-order valence-electron chi connectivity index (χ0n) is 11.0. The van der Waals surface area contributed by atoms with Gasteiger partial charge in [0.15, 0.2) is 0 Å². The van der Waals surface area contributed by atoms with Crippen LogP contribution < -0.4 is 10.6 Å². The van der Waals surface area contributed by atoms with Gasteiger partial charge in [0.2, 0.25) is 0 Å². The summed E-state index contributed by atoms with van der Waals surface area (Å²) in [5, 5.41) is 6.45. The van der Waals surface area contributed by atoms with E-state index in [1.807, 2.05) is 19.1 Å². The summed E-state index contributed by atoms with van der Waals surface area (Å²) in [5.74, 6) is -0.172. The Balaban J connectivity index is 2.18. The summed E-state index contributed by atoms with van der Waals surface area (Å²) in [5.41, 5.74) is 1.26. The van der Waals surface area contributed by atoms with E-state index in [2.05, 4.69) is 10.6 Å². The maximum Gasteiger partial charge on any atom is 0.253 e. The second-order valence-electron chi connectivity index (χ2n) is 4.28. The van der Waals surface area contributed by atoms with Crippen molar-refractivity contribution in [3.63, 3.8) is 0 Å². The summed E-state index contributed by atoms with van der Waals surface area (Å²) >= 11 is 13.3. The zero-order chi connectivity index (χ0) is 14.7. The number of thiophene rings is 1. The first-order valence-corrected chi connectivity index (χ1v) is 7.62. The van der Waals surface area contributed by atoms with Gasteiger partial charge < -0.3 is 10.6 Å². The van der Waals surface area contributed by atoms with Crippen molar-refractivity contribution < 1.29 is 4.79 Å². The van der Waals surface area contributed by atoms with Gasteiger partial charge in [-0.1, -0.05) is 23.2 Å². The third-order valence-electron chi connectivity index (χ3n) is 2.86. The average molecular weight is 329 g/mol. The second-order valence-corrected chi connectivity index (χ2v) is 6.46. The molecule has 0 aliphatic rings. The molecular formula is C14H14Cl2N2OS. The SMILES string of the molecule is CNc1ccc(Cl)cc1C(=O)NC(C)c1ccc(Cl)s1. The molecule has 0 saturated heterocycles. The first-order chi connectivity index (χ1) is 9.51. The fraction of sp³-hybridized carbons (Fsp3) is 0.214. The molecule has 1 aromatic heterocycles. The number of carbonyl (C=O) groups excluding carboxylic acids is 1. The number of carbonyl (C=O) groups is 1. The number of hydrogen-bond donors (Lipinski definition) is 2. The zero-order valence-corrected chi connectivity index (χ0v) is 13.4. The van der Waals surface area contributed by atoms with Crippen LogP contribution in [0.2, 0.25) is 9.36 Å². The van der Waals surface area contributed by atoms with Crippen LogP contribution in [0.4, 0.5) is 5.69 Å². The molecule has 0 saturated carbocycles. The van der Waals surface area contributed by atoms with E-state index in [1.165, 1.54) is 11.3 Å². The highest BCUT2D eigenvalue weighted by atomic mass is 35.5. The van der Waals surface area contributed by atoms with E-state index in [-0.39, 0.29) is 11.9 Å². The monoisotopic (exact) mass is 328 g/mol. The standard InChI is InChI=1S/C14H14Cl2N2OS/c1-8(12-5-6-13(16)20-12)18-14(19)10-7-9(15)3-4-11(10)17-2/h3-8,17H,1-2H3,(H,18,19). The molecule has 1 unspecified atom stereocenters. The third-order valence-corrected chi connectivity index (χ3v) is 4.51. The van der Waals surface area contributed by atoms with Gasteiger partial charge in [0.25, 0.3) is 5.91 Å². The Labute approximate surface area is 131 Å². The van der Waals surface area contributed by atoms with E-state index < -0.39 is 0 Å². The van der Waals surface area contributed by atoms with E-state index in [9.17, 15) is 4.79 Å². The van der Waals surface area contributed by atoms with Crippen LogP contribution in [0.15, 0.2) is 30.3 Å². The average Bonchev–Trinajstić information content (AvgIpc) is 2.85. The highest BCUT2D eigenvalue weighted by Crippen LogP contribution is 2.27. The molecule has 1 atom stereocenters. The normalized spacial score (nSPS) is 12.0. The van der Waals surface area contributed by atoms with Crippen molar-refractivity contribution in [2.75, 3.05) is 12.4 Å². The van der Waals surface area contributed by atoms with E-state index in [1.54, 1.807) is 25.2 Å². The number of hydrogen-bond acceptors (Lipinski definition) is 3. The highest BCUT2D eigenvalue weighted by Gasteiger charge is 2.16. The van der Waals surface area contributed by atoms with Crippen molar-refractivity contribution in [3.8, 4) is 0 Å². The Kier molecular flexibility index (Phi) is 4.91. The summed E-state index contributed by atoms with van der Waals surface area (Å²) < 4.78 is 0.708. The van der Waals surface area contributed by atoms with Crippen molar-refractivity contribution in [2.45, 2.75) is 13.0 Å². The van der Waals surface area contributed by atoms with Gasteiger partial charge >= 0.3 is 0 Å². The molecule has 0 fully saturated rings.